The van der Waals surface area contributed by atoms with Gasteiger partial charge in [-0.1, -0.05) is 18.0 Å². The molecule has 0 spiro atoms. The van der Waals surface area contributed by atoms with Gasteiger partial charge in [-0.05, 0) is 30.2 Å². The number of nitro benzene ring substituents is 1. The largest absolute Gasteiger partial charge is 0.867 e. The first-order valence-electron chi connectivity index (χ1n) is 6.67. The molecule has 0 aliphatic carbocycles. The second kappa shape index (κ2) is 8.99. The van der Waals surface area contributed by atoms with Crippen LogP contribution in [0, 0.1) is 10.1 Å². The number of aliphatic imine (C=N–C) groups is 1. The summed E-state index contributed by atoms with van der Waals surface area (Å²) in [4.78, 5) is 24.9. The highest BCUT2D eigenvalue weighted by atomic mass is 35.5. The normalized spacial score (nSPS) is 10.8. The van der Waals surface area contributed by atoms with Crippen LogP contribution in [0.2, 0.25) is 5.02 Å². The van der Waals surface area contributed by atoms with Crippen molar-refractivity contribution >= 4 is 29.5 Å². The van der Waals surface area contributed by atoms with Crippen LogP contribution >= 0.6 is 11.6 Å². The minimum absolute atomic E-state index is 0.0914. The quantitative estimate of drug-likeness (QED) is 0.240. The average Bonchev–Trinajstić information content (AvgIpc) is 2.48. The number of hydrogen-bond acceptors (Lipinski definition) is 6. The van der Waals surface area contributed by atoms with Crippen LogP contribution in [-0.4, -0.2) is 30.8 Å². The molecule has 1 aromatic rings. The molecule has 0 radical (unpaired) electrons. The van der Waals surface area contributed by atoms with Crippen molar-refractivity contribution in [3.05, 3.63) is 32.8 Å². The zero-order valence-corrected chi connectivity index (χ0v) is 12.8. The molecule has 120 valence electrons. The maximum absolute atomic E-state index is 11.8. The summed E-state index contributed by atoms with van der Waals surface area (Å²) in [5.41, 5.74) is -0.471. The molecular weight excluding hydrogens is 312 g/mol. The van der Waals surface area contributed by atoms with E-state index in [-0.39, 0.29) is 16.6 Å². The molecule has 7 nitrogen and oxygen atoms in total. The Bertz CT molecular complexity index is 575. The Labute approximate surface area is 132 Å². The summed E-state index contributed by atoms with van der Waals surface area (Å²) in [6.45, 7) is 0.459. The first-order valence-corrected chi connectivity index (χ1v) is 7.05. The van der Waals surface area contributed by atoms with E-state index in [4.69, 9.17) is 11.6 Å². The van der Waals surface area contributed by atoms with Gasteiger partial charge in [0, 0.05) is 30.3 Å². The van der Waals surface area contributed by atoms with Gasteiger partial charge in [-0.3, -0.25) is 19.9 Å². The first-order chi connectivity index (χ1) is 10.5. The number of ether oxygens (including phenoxy) is 1. The smallest absolute Gasteiger partial charge is 0.305 e. The summed E-state index contributed by atoms with van der Waals surface area (Å²) in [6.07, 6.45) is 3.90. The van der Waals surface area contributed by atoms with E-state index in [0.29, 0.717) is 19.4 Å². The molecule has 0 bridgehead atoms. The van der Waals surface area contributed by atoms with Crippen molar-refractivity contribution in [1.29, 1.82) is 0 Å². The molecule has 0 atom stereocenters. The molecule has 0 aromatic heterocycles. The van der Waals surface area contributed by atoms with E-state index >= 15 is 0 Å². The molecule has 0 heterocycles. The van der Waals surface area contributed by atoms with Crippen LogP contribution in [0.4, 0.5) is 5.69 Å². The molecule has 22 heavy (non-hydrogen) atoms. The number of carbonyl (C=O) groups is 1. The third-order valence-electron chi connectivity index (χ3n) is 2.89. The molecule has 8 heteroatoms. The van der Waals surface area contributed by atoms with Gasteiger partial charge in [0.15, 0.2) is 0 Å². The predicted octanol–water partition coefficient (Wildman–Crippen LogP) is 2.47. The fraction of sp³-hybridized carbons (Fsp3) is 0.429. The minimum Gasteiger partial charge on any atom is -0.867 e. The number of unbranched alkanes of at least 4 members (excludes halogenated alkanes) is 2. The average molecular weight is 328 g/mol. The number of rotatable bonds is 8. The Morgan fingerprint density at radius 1 is 1.41 bits per heavy atom. The first kappa shape index (κ1) is 17.9. The number of methoxy groups -OCH3 is 1. The second-order valence-electron chi connectivity index (χ2n) is 4.52. The van der Waals surface area contributed by atoms with Crippen molar-refractivity contribution < 1.29 is 19.6 Å². The van der Waals surface area contributed by atoms with E-state index < -0.39 is 16.4 Å². The molecule has 0 aliphatic heterocycles. The molecular formula is C14H16ClN2O5-. The van der Waals surface area contributed by atoms with Crippen LogP contribution in [-0.2, 0) is 9.53 Å². The molecule has 0 N–H and O–H groups in total. The molecule has 0 saturated heterocycles. The van der Waals surface area contributed by atoms with Crippen molar-refractivity contribution in [2.75, 3.05) is 13.7 Å². The van der Waals surface area contributed by atoms with Gasteiger partial charge in [0.1, 0.15) is 0 Å². The highest BCUT2D eigenvalue weighted by Gasteiger charge is 2.11. The van der Waals surface area contributed by atoms with E-state index in [1.807, 2.05) is 0 Å². The Kier molecular flexibility index (Phi) is 7.31. The SMILES string of the molecule is COC(=O)CCCCCN=Cc1cc(Cl)cc([N+](=O)[O-])c1[O-]. The molecule has 0 saturated carbocycles. The van der Waals surface area contributed by atoms with Crippen LogP contribution < -0.4 is 5.11 Å². The standard InChI is InChI=1S/C14H17ClN2O5/c1-22-13(18)5-3-2-4-6-16-9-10-7-11(15)8-12(14(10)19)17(20)21/h7-9,19H,2-6H2,1H3/p-1. The van der Waals surface area contributed by atoms with Crippen LogP contribution in [0.15, 0.2) is 17.1 Å². The highest BCUT2D eigenvalue weighted by molar-refractivity contribution is 6.31. The fourth-order valence-electron chi connectivity index (χ4n) is 1.75. The molecule has 0 fully saturated rings. The van der Waals surface area contributed by atoms with Gasteiger partial charge < -0.3 is 9.84 Å². The van der Waals surface area contributed by atoms with E-state index in [9.17, 15) is 20.0 Å². The number of benzene rings is 1. The number of nitrogens with zero attached hydrogens (tertiary/aromatic N) is 2. The third kappa shape index (κ3) is 5.69. The van der Waals surface area contributed by atoms with Gasteiger partial charge in [-0.25, -0.2) is 0 Å². The van der Waals surface area contributed by atoms with Crippen LogP contribution in [0.25, 0.3) is 0 Å². The van der Waals surface area contributed by atoms with E-state index in [2.05, 4.69) is 9.73 Å². The molecule has 1 rings (SSSR count). The van der Waals surface area contributed by atoms with Crippen molar-refractivity contribution in [2.24, 2.45) is 4.99 Å². The lowest BCUT2D eigenvalue weighted by Gasteiger charge is -2.10. The van der Waals surface area contributed by atoms with Gasteiger partial charge in [0.25, 0.3) is 5.69 Å². The van der Waals surface area contributed by atoms with Crippen LogP contribution in [0.1, 0.15) is 31.2 Å². The maximum Gasteiger partial charge on any atom is 0.305 e. The zero-order valence-electron chi connectivity index (χ0n) is 12.1. The number of esters is 1. The minimum atomic E-state index is -0.766. The Balaban J connectivity index is 2.50. The lowest BCUT2D eigenvalue weighted by atomic mass is 10.2. The number of halogens is 1. The van der Waals surface area contributed by atoms with Gasteiger partial charge in [0.2, 0.25) is 0 Å². The van der Waals surface area contributed by atoms with Crippen molar-refractivity contribution in [3.63, 3.8) is 0 Å². The molecule has 1 aromatic carbocycles. The van der Waals surface area contributed by atoms with Gasteiger partial charge in [-0.15, -0.1) is 0 Å². The topological polar surface area (TPSA) is 105 Å². The summed E-state index contributed by atoms with van der Waals surface area (Å²) in [7, 11) is 1.34. The van der Waals surface area contributed by atoms with E-state index in [1.54, 1.807) is 0 Å². The number of nitro groups is 1. The van der Waals surface area contributed by atoms with Gasteiger partial charge in [-0.2, -0.15) is 0 Å². The van der Waals surface area contributed by atoms with Crippen LogP contribution in [0.5, 0.6) is 5.75 Å². The Morgan fingerprint density at radius 3 is 2.77 bits per heavy atom. The summed E-state index contributed by atoms with van der Waals surface area (Å²) >= 11 is 5.74. The summed E-state index contributed by atoms with van der Waals surface area (Å²) in [5, 5.41) is 22.6. The summed E-state index contributed by atoms with van der Waals surface area (Å²) < 4.78 is 4.52. The van der Waals surface area contributed by atoms with Crippen molar-refractivity contribution in [1.82, 2.24) is 0 Å². The molecule has 0 aliphatic rings. The second-order valence-corrected chi connectivity index (χ2v) is 4.96. The van der Waals surface area contributed by atoms with Gasteiger partial charge in [0.05, 0.1) is 12.0 Å². The Hall–Kier alpha value is -2.15. The monoisotopic (exact) mass is 327 g/mol. The van der Waals surface area contributed by atoms with Crippen LogP contribution in [0.3, 0.4) is 0 Å². The van der Waals surface area contributed by atoms with Crippen molar-refractivity contribution in [2.45, 2.75) is 25.7 Å². The summed E-state index contributed by atoms with van der Waals surface area (Å²) in [6, 6.07) is 2.37. The van der Waals surface area contributed by atoms with Crippen molar-refractivity contribution in [3.8, 4) is 5.75 Å². The van der Waals surface area contributed by atoms with E-state index in [1.165, 1.54) is 19.4 Å². The molecule has 0 amide bonds. The third-order valence-corrected chi connectivity index (χ3v) is 3.10. The highest BCUT2D eigenvalue weighted by Crippen LogP contribution is 2.29. The predicted molar refractivity (Wildman–Crippen MR) is 80.5 cm³/mol. The summed E-state index contributed by atoms with van der Waals surface area (Å²) in [5.74, 6) is -0.949. The Morgan fingerprint density at radius 2 is 2.14 bits per heavy atom. The molecule has 0 unspecified atom stereocenters. The number of hydrogen-bond donors (Lipinski definition) is 0. The lowest BCUT2D eigenvalue weighted by Crippen LogP contribution is -2.02. The number of carbonyl (C=O) groups excluding carboxylic acids is 1. The lowest BCUT2D eigenvalue weighted by molar-refractivity contribution is -0.398. The van der Waals surface area contributed by atoms with E-state index in [0.717, 1.165) is 18.9 Å². The van der Waals surface area contributed by atoms with Gasteiger partial charge >= 0.3 is 5.97 Å². The fourth-order valence-corrected chi connectivity index (χ4v) is 1.97. The maximum atomic E-state index is 11.8. The zero-order chi connectivity index (χ0) is 16.5.